The maximum Gasteiger partial charge on any atom is 0.267 e. The molecule has 30 heavy (non-hydrogen) atoms. The van der Waals surface area contributed by atoms with E-state index in [4.69, 9.17) is 5.26 Å². The molecule has 2 aliphatic rings. The molecule has 2 amide bonds. The van der Waals surface area contributed by atoms with Crippen LogP contribution in [0.1, 0.15) is 38.5 Å². The standard InChI is InChI=1S/C21H27N7O2/c1-25-5-7-27(8-6-25)21(30)17-13-24-28-4-3-15(9-18(17)28)12-23-20(29)19-10-16(11-22)14-26(19)2/h10,13-15H,3-9,12H2,1-2H3,(H,23,29)/t15-/m1/s1. The van der Waals surface area contributed by atoms with Crippen LogP contribution in [0.4, 0.5) is 0 Å². The summed E-state index contributed by atoms with van der Waals surface area (Å²) < 4.78 is 3.59. The lowest BCUT2D eigenvalue weighted by atomic mass is 9.94. The van der Waals surface area contributed by atoms with Gasteiger partial charge in [-0.05, 0) is 31.9 Å². The average molecular weight is 409 g/mol. The van der Waals surface area contributed by atoms with Crippen LogP contribution in [0.2, 0.25) is 0 Å². The monoisotopic (exact) mass is 409 g/mol. The fourth-order valence-electron chi connectivity index (χ4n) is 4.21. The van der Waals surface area contributed by atoms with E-state index in [0.717, 1.165) is 44.8 Å². The molecule has 0 bridgehead atoms. The Labute approximate surface area is 175 Å². The lowest BCUT2D eigenvalue weighted by molar-refractivity contribution is 0.0661. The van der Waals surface area contributed by atoms with E-state index < -0.39 is 0 Å². The zero-order valence-electron chi connectivity index (χ0n) is 17.5. The van der Waals surface area contributed by atoms with Crippen molar-refractivity contribution in [3.05, 3.63) is 41.0 Å². The lowest BCUT2D eigenvalue weighted by Crippen LogP contribution is -2.47. The van der Waals surface area contributed by atoms with Crippen molar-refractivity contribution in [3.8, 4) is 6.07 Å². The number of nitriles is 1. The first-order valence-electron chi connectivity index (χ1n) is 10.3. The lowest BCUT2D eigenvalue weighted by Gasteiger charge is -2.32. The van der Waals surface area contributed by atoms with Gasteiger partial charge in [0.15, 0.2) is 0 Å². The van der Waals surface area contributed by atoms with Crippen molar-refractivity contribution in [3.63, 3.8) is 0 Å². The van der Waals surface area contributed by atoms with Crippen LogP contribution < -0.4 is 5.32 Å². The van der Waals surface area contributed by atoms with Crippen LogP contribution in [0.5, 0.6) is 0 Å². The molecule has 0 aliphatic carbocycles. The Hall–Kier alpha value is -3.12. The molecule has 1 N–H and O–H groups in total. The first-order valence-corrected chi connectivity index (χ1v) is 10.3. The van der Waals surface area contributed by atoms with Crippen molar-refractivity contribution in [1.82, 2.24) is 29.5 Å². The molecule has 2 aromatic heterocycles. The third kappa shape index (κ3) is 3.96. The first-order chi connectivity index (χ1) is 14.5. The van der Waals surface area contributed by atoms with Crippen LogP contribution in [-0.4, -0.2) is 75.7 Å². The van der Waals surface area contributed by atoms with Gasteiger partial charge in [0, 0.05) is 52.5 Å². The smallest absolute Gasteiger partial charge is 0.267 e. The number of fused-ring (bicyclic) bond motifs is 1. The summed E-state index contributed by atoms with van der Waals surface area (Å²) in [5.41, 5.74) is 2.60. The normalized spacial score (nSPS) is 19.2. The highest BCUT2D eigenvalue weighted by molar-refractivity contribution is 5.95. The molecule has 0 unspecified atom stereocenters. The summed E-state index contributed by atoms with van der Waals surface area (Å²) in [5, 5.41) is 16.4. The zero-order valence-corrected chi connectivity index (χ0v) is 17.5. The summed E-state index contributed by atoms with van der Waals surface area (Å²) in [4.78, 5) is 29.7. The van der Waals surface area contributed by atoms with Gasteiger partial charge >= 0.3 is 0 Å². The van der Waals surface area contributed by atoms with Gasteiger partial charge in [0.05, 0.1) is 23.0 Å². The van der Waals surface area contributed by atoms with Crippen LogP contribution >= 0.6 is 0 Å². The number of piperazine rings is 1. The van der Waals surface area contributed by atoms with Crippen LogP contribution in [0.25, 0.3) is 0 Å². The molecule has 9 heteroatoms. The number of hydrogen-bond donors (Lipinski definition) is 1. The second kappa shape index (κ2) is 8.32. The fraction of sp³-hybridized carbons (Fsp3) is 0.524. The van der Waals surface area contributed by atoms with Gasteiger partial charge < -0.3 is 19.7 Å². The maximum absolute atomic E-state index is 13.0. The van der Waals surface area contributed by atoms with E-state index in [1.807, 2.05) is 9.58 Å². The molecular formula is C21H27N7O2. The Bertz CT molecular complexity index is 992. The number of hydrogen-bond acceptors (Lipinski definition) is 5. The minimum atomic E-state index is -0.188. The van der Waals surface area contributed by atoms with Gasteiger partial charge in [-0.15, -0.1) is 0 Å². The second-order valence-electron chi connectivity index (χ2n) is 8.23. The predicted molar refractivity (Wildman–Crippen MR) is 110 cm³/mol. The third-order valence-corrected chi connectivity index (χ3v) is 6.12. The van der Waals surface area contributed by atoms with Crippen LogP contribution in [0, 0.1) is 17.2 Å². The van der Waals surface area contributed by atoms with E-state index in [-0.39, 0.29) is 17.7 Å². The molecule has 1 atom stereocenters. The number of rotatable bonds is 4. The van der Waals surface area contributed by atoms with Gasteiger partial charge in [-0.2, -0.15) is 10.4 Å². The molecule has 4 heterocycles. The summed E-state index contributed by atoms with van der Waals surface area (Å²) in [6.07, 6.45) is 4.95. The molecule has 1 saturated heterocycles. The second-order valence-corrected chi connectivity index (χ2v) is 8.23. The highest BCUT2D eigenvalue weighted by Gasteiger charge is 2.29. The number of nitrogens with zero attached hydrogens (tertiary/aromatic N) is 6. The number of carbonyl (C=O) groups excluding carboxylic acids is 2. The van der Waals surface area contributed by atoms with Gasteiger partial charge in [0.1, 0.15) is 11.8 Å². The molecular weight excluding hydrogens is 382 g/mol. The Morgan fingerprint density at radius 3 is 2.70 bits per heavy atom. The first kappa shape index (κ1) is 20.2. The zero-order chi connectivity index (χ0) is 21.3. The summed E-state index contributed by atoms with van der Waals surface area (Å²) >= 11 is 0. The molecule has 2 aromatic rings. The van der Waals surface area contributed by atoms with Gasteiger partial charge in [-0.25, -0.2) is 0 Å². The van der Waals surface area contributed by atoms with E-state index in [0.29, 0.717) is 29.8 Å². The van der Waals surface area contributed by atoms with Crippen molar-refractivity contribution < 1.29 is 9.59 Å². The third-order valence-electron chi connectivity index (χ3n) is 6.12. The van der Waals surface area contributed by atoms with E-state index in [1.54, 1.807) is 30.1 Å². The number of nitrogens with one attached hydrogen (secondary N) is 1. The largest absolute Gasteiger partial charge is 0.350 e. The average Bonchev–Trinajstić information content (AvgIpc) is 3.35. The topological polar surface area (TPSA) is 99.2 Å². The summed E-state index contributed by atoms with van der Waals surface area (Å²) in [5.74, 6) is 0.113. The minimum absolute atomic E-state index is 0.0573. The molecule has 0 spiro atoms. The predicted octanol–water partition coefficient (Wildman–Crippen LogP) is 0.473. The van der Waals surface area contributed by atoms with Crippen molar-refractivity contribution >= 4 is 11.8 Å². The van der Waals surface area contributed by atoms with Gasteiger partial charge in [-0.3, -0.25) is 14.3 Å². The molecule has 0 saturated carbocycles. The van der Waals surface area contributed by atoms with Gasteiger partial charge in [-0.1, -0.05) is 0 Å². The molecule has 0 radical (unpaired) electrons. The molecule has 0 aromatic carbocycles. The Morgan fingerprint density at radius 1 is 1.23 bits per heavy atom. The molecule has 1 fully saturated rings. The number of likely N-dealkylation sites (N-methyl/N-ethyl adjacent to an activating group) is 1. The summed E-state index contributed by atoms with van der Waals surface area (Å²) in [6.45, 7) is 4.52. The van der Waals surface area contributed by atoms with Crippen LogP contribution in [0.15, 0.2) is 18.5 Å². The SMILES string of the molecule is CN1CCN(C(=O)c2cnn3c2C[C@H](CNC(=O)c2cc(C#N)cn2C)CC3)CC1. The highest BCUT2D eigenvalue weighted by atomic mass is 16.2. The van der Waals surface area contributed by atoms with Crippen molar-refractivity contribution in [2.45, 2.75) is 19.4 Å². The van der Waals surface area contributed by atoms with Crippen LogP contribution in [0.3, 0.4) is 0 Å². The quantitative estimate of drug-likeness (QED) is 0.792. The van der Waals surface area contributed by atoms with Crippen molar-refractivity contribution in [1.29, 1.82) is 5.26 Å². The number of aromatic nitrogens is 3. The van der Waals surface area contributed by atoms with E-state index in [9.17, 15) is 9.59 Å². The summed E-state index contributed by atoms with van der Waals surface area (Å²) in [7, 11) is 3.82. The Morgan fingerprint density at radius 2 is 2.00 bits per heavy atom. The molecule has 4 rings (SSSR count). The highest BCUT2D eigenvalue weighted by Crippen LogP contribution is 2.24. The van der Waals surface area contributed by atoms with Crippen LogP contribution in [-0.2, 0) is 20.0 Å². The van der Waals surface area contributed by atoms with E-state index >= 15 is 0 Å². The number of carbonyl (C=O) groups is 2. The van der Waals surface area contributed by atoms with Crippen molar-refractivity contribution in [2.75, 3.05) is 39.8 Å². The minimum Gasteiger partial charge on any atom is -0.350 e. The van der Waals surface area contributed by atoms with Crippen molar-refractivity contribution in [2.24, 2.45) is 13.0 Å². The summed E-state index contributed by atoms with van der Waals surface area (Å²) in [6, 6.07) is 3.65. The number of amides is 2. The van der Waals surface area contributed by atoms with E-state index in [2.05, 4.69) is 28.4 Å². The molecule has 2 aliphatic heterocycles. The molecule has 158 valence electrons. The van der Waals surface area contributed by atoms with Gasteiger partial charge in [0.2, 0.25) is 0 Å². The molecule has 9 nitrogen and oxygen atoms in total. The maximum atomic E-state index is 13.0. The Kier molecular flexibility index (Phi) is 5.59. The fourth-order valence-corrected chi connectivity index (χ4v) is 4.21. The van der Waals surface area contributed by atoms with E-state index in [1.165, 1.54) is 0 Å². The van der Waals surface area contributed by atoms with Gasteiger partial charge in [0.25, 0.3) is 11.8 Å². The number of aryl methyl sites for hydroxylation is 2. The Balaban J connectivity index is 1.39.